The number of carbonyl (C=O) groups excluding carboxylic acids is 1. The van der Waals surface area contributed by atoms with Crippen molar-refractivity contribution in [3.63, 3.8) is 0 Å². The Morgan fingerprint density at radius 3 is 2.18 bits per heavy atom. The van der Waals surface area contributed by atoms with Gasteiger partial charge in [0.15, 0.2) is 0 Å². The van der Waals surface area contributed by atoms with Crippen molar-refractivity contribution in [3.8, 4) is 17.2 Å². The zero-order valence-corrected chi connectivity index (χ0v) is 30.0. The summed E-state index contributed by atoms with van der Waals surface area (Å²) in [4.78, 5) is 13.7. The van der Waals surface area contributed by atoms with Crippen molar-refractivity contribution >= 4 is 6.29 Å². The van der Waals surface area contributed by atoms with Gasteiger partial charge in [-0.1, -0.05) is 77.9 Å². The summed E-state index contributed by atoms with van der Waals surface area (Å²) in [6.07, 6.45) is 4.63. The van der Waals surface area contributed by atoms with E-state index in [-0.39, 0.29) is 37.2 Å². The molecule has 0 amide bonds. The van der Waals surface area contributed by atoms with Gasteiger partial charge in [-0.25, -0.2) is 6.29 Å². The Kier molecular flexibility index (Phi) is 12.9. The van der Waals surface area contributed by atoms with E-state index in [1.165, 1.54) is 16.7 Å². The van der Waals surface area contributed by atoms with Gasteiger partial charge in [-0.2, -0.15) is 0 Å². The average molecular weight is 817 g/mol. The molecular weight excluding hydrogens is 774 g/mol. The summed E-state index contributed by atoms with van der Waals surface area (Å²) < 4.78 is 18.9. The normalized spacial score (nSPS) is 12.9. The average Bonchev–Trinajstić information content (AvgIpc) is 3.02. The monoisotopic (exact) mass is 816 g/mol. The topological polar surface area (TPSA) is 75.6 Å². The molecule has 7 heteroatoms. The molecule has 0 spiro atoms. The molecule has 6 nitrogen and oxygen atoms in total. The number of hydrogen-bond donors (Lipinski definition) is 1. The van der Waals surface area contributed by atoms with Crippen molar-refractivity contribution in [2.24, 2.45) is 0 Å². The van der Waals surface area contributed by atoms with Gasteiger partial charge < -0.3 is 24.7 Å². The summed E-state index contributed by atoms with van der Waals surface area (Å²) in [7, 11) is 0. The number of fused-ring (bicyclic) bond motifs is 1. The summed E-state index contributed by atoms with van der Waals surface area (Å²) in [5.41, 5.74) is 12.0. The first-order valence-electron chi connectivity index (χ1n) is 15.1. The predicted octanol–water partition coefficient (Wildman–Crippen LogP) is 5.90. The maximum Gasteiger partial charge on any atom is 0.124 e. The van der Waals surface area contributed by atoms with E-state index in [0.29, 0.717) is 39.3 Å². The van der Waals surface area contributed by atoms with E-state index in [1.54, 1.807) is 0 Å². The molecule has 44 heavy (non-hydrogen) atoms. The number of rotatable bonds is 14. The molecule has 0 fully saturated rings. The number of quaternary nitrogens is 1. The van der Waals surface area contributed by atoms with Crippen LogP contribution in [0.15, 0.2) is 84.9 Å². The van der Waals surface area contributed by atoms with E-state index in [4.69, 9.17) is 14.2 Å². The van der Waals surface area contributed by atoms with E-state index in [2.05, 4.69) is 91.2 Å². The van der Waals surface area contributed by atoms with Crippen LogP contribution in [0.3, 0.4) is 0 Å². The van der Waals surface area contributed by atoms with E-state index < -0.39 is 0 Å². The van der Waals surface area contributed by atoms with Crippen molar-refractivity contribution in [2.75, 3.05) is 13.2 Å². The first kappa shape index (κ1) is 33.8. The molecule has 4 aromatic carbocycles. The summed E-state index contributed by atoms with van der Waals surface area (Å²) in [5.74, 6) is 2.65. The van der Waals surface area contributed by atoms with Crippen LogP contribution in [0.5, 0.6) is 17.2 Å². The number of aryl methyl sites for hydroxylation is 3. The second kappa shape index (κ2) is 16.8. The van der Waals surface area contributed by atoms with Crippen molar-refractivity contribution in [3.05, 3.63) is 124 Å². The van der Waals surface area contributed by atoms with Crippen LogP contribution in [-0.4, -0.2) is 30.4 Å². The van der Waals surface area contributed by atoms with E-state index in [9.17, 15) is 4.79 Å². The summed E-state index contributed by atoms with van der Waals surface area (Å²) in [6, 6.07) is 28.9. The minimum Gasteiger partial charge on any atom is -0.536 e. The predicted molar refractivity (Wildman–Crippen MR) is 169 cm³/mol. The number of hydrogen-bond acceptors (Lipinski definition) is 5. The summed E-state index contributed by atoms with van der Waals surface area (Å²) >= 11 is 0. The second-order valence-electron chi connectivity index (χ2n) is 11.5. The van der Waals surface area contributed by atoms with Crippen LogP contribution >= 0.6 is 0 Å². The Morgan fingerprint density at radius 2 is 1.50 bits per heavy atom. The summed E-state index contributed by atoms with van der Waals surface area (Å²) in [5, 5.41) is 0. The Morgan fingerprint density at radius 1 is 0.841 bits per heavy atom. The third-order valence-electron chi connectivity index (χ3n) is 7.77. The fourth-order valence-corrected chi connectivity index (χ4v) is 5.47. The Hall–Kier alpha value is -3.08. The van der Waals surface area contributed by atoms with Gasteiger partial charge >= 0.3 is 0 Å². The second-order valence-corrected chi connectivity index (χ2v) is 11.5. The fourth-order valence-electron chi connectivity index (χ4n) is 5.47. The summed E-state index contributed by atoms with van der Waals surface area (Å²) in [6.45, 7) is 7.84. The van der Waals surface area contributed by atoms with Crippen molar-refractivity contribution in [1.29, 1.82) is 0 Å². The zero-order chi connectivity index (χ0) is 30.0. The molecule has 0 saturated heterocycles. The van der Waals surface area contributed by atoms with Gasteiger partial charge in [0.25, 0.3) is 0 Å². The van der Waals surface area contributed by atoms with Crippen LogP contribution < -0.4 is 19.9 Å². The quantitative estimate of drug-likeness (QED) is 0.161. The van der Waals surface area contributed by atoms with E-state index in [0.717, 1.165) is 59.0 Å². The molecule has 1 aliphatic heterocycles. The van der Waals surface area contributed by atoms with Gasteiger partial charge in [0.1, 0.15) is 30.5 Å². The number of nitrogens with zero attached hydrogens (tertiary/aromatic N) is 1. The molecule has 228 valence electrons. The standard InChI is InChI=1S/C37H41N2O4.U/c1-27-8-5-10-29(18-27)25-42-35-14-4-3-12-32(35)22-39(16-15-34(38)24-40)23-33-21-36-31(13-7-17-41-36)20-37(33)43-26-30-11-6-9-28(2)19-30;/h3-6,8-12,14,18-21,34H,7,13,15-17,22-23,25-26,38H2,1-2H3;/q-1;/p+1. The number of ether oxygens (including phenoxy) is 3. The fraction of sp³-hybridized carbons (Fsp3) is 0.324. The molecule has 1 atom stereocenters. The van der Waals surface area contributed by atoms with Crippen LogP contribution in [0, 0.1) is 45.0 Å². The molecular formula is C37H42N2O4U. The molecule has 4 aromatic rings. The molecule has 0 saturated carbocycles. The van der Waals surface area contributed by atoms with Crippen LogP contribution in [-0.2, 0) is 37.5 Å². The largest absolute Gasteiger partial charge is 0.536 e. The third kappa shape index (κ3) is 9.71. The molecule has 1 heterocycles. The van der Waals surface area contributed by atoms with Gasteiger partial charge in [-0.15, -0.1) is 0 Å². The molecule has 0 aromatic heterocycles. The van der Waals surface area contributed by atoms with Crippen LogP contribution in [0.1, 0.15) is 51.8 Å². The molecule has 0 radical (unpaired) electrons. The first-order valence-corrected chi connectivity index (χ1v) is 15.1. The van der Waals surface area contributed by atoms with Gasteiger partial charge in [-0.3, -0.25) is 4.90 Å². The maximum absolute atomic E-state index is 11.3. The minimum atomic E-state index is -0.390. The molecule has 1 aliphatic rings. The van der Waals surface area contributed by atoms with Crippen molar-refractivity contribution in [2.45, 2.75) is 65.5 Å². The number of benzene rings is 4. The Labute approximate surface area is 285 Å². The van der Waals surface area contributed by atoms with Gasteiger partial charge in [-0.05, 0) is 74.0 Å². The van der Waals surface area contributed by atoms with Crippen LogP contribution in [0.25, 0.3) is 0 Å². The SMILES string of the molecule is Cc1cccc(COc2ccccc2CN(CCC([NH3+])[C-]=O)Cc2cc3c(cc2OCc2cccc(C)c2)CCCO3)c1.[U]. The Balaban J connectivity index is 0.00000442. The van der Waals surface area contributed by atoms with Crippen molar-refractivity contribution in [1.82, 2.24) is 4.90 Å². The molecule has 5 rings (SSSR count). The van der Waals surface area contributed by atoms with Gasteiger partial charge in [0.2, 0.25) is 0 Å². The van der Waals surface area contributed by atoms with Crippen LogP contribution in [0.4, 0.5) is 0 Å². The van der Waals surface area contributed by atoms with Gasteiger partial charge in [0, 0.05) is 61.9 Å². The molecule has 3 N–H and O–H groups in total. The maximum atomic E-state index is 11.3. The van der Waals surface area contributed by atoms with Crippen LogP contribution in [0.2, 0.25) is 0 Å². The van der Waals surface area contributed by atoms with Crippen molar-refractivity contribution < 1.29 is 55.9 Å². The zero-order valence-electron chi connectivity index (χ0n) is 25.8. The molecule has 0 bridgehead atoms. The number of para-hydroxylation sites is 1. The first-order chi connectivity index (χ1) is 21.0. The molecule has 1 unspecified atom stereocenters. The van der Waals surface area contributed by atoms with E-state index in [1.807, 2.05) is 24.5 Å². The minimum absolute atomic E-state index is 0. The van der Waals surface area contributed by atoms with E-state index >= 15 is 0 Å². The smallest absolute Gasteiger partial charge is 0.124 e. The Bertz CT molecular complexity index is 1530. The third-order valence-corrected chi connectivity index (χ3v) is 7.77. The van der Waals surface area contributed by atoms with Gasteiger partial charge in [0.05, 0.1) is 6.61 Å². The molecule has 0 aliphatic carbocycles.